The minimum absolute atomic E-state index is 0.139. The van der Waals surface area contributed by atoms with Gasteiger partial charge in [0.05, 0.1) is 17.5 Å². The number of amides is 1. The van der Waals surface area contributed by atoms with Gasteiger partial charge >= 0.3 is 0 Å². The second-order valence-electron chi connectivity index (χ2n) is 5.59. The molecule has 1 amide bonds. The van der Waals surface area contributed by atoms with Crippen LogP contribution in [0.2, 0.25) is 0 Å². The molecule has 0 saturated heterocycles. The molecule has 0 atom stereocenters. The summed E-state index contributed by atoms with van der Waals surface area (Å²) in [5.41, 5.74) is 3.29. The molecule has 0 aliphatic heterocycles. The van der Waals surface area contributed by atoms with E-state index in [0.717, 1.165) is 22.4 Å². The summed E-state index contributed by atoms with van der Waals surface area (Å²) < 4.78 is 15.5. The third-order valence-corrected chi connectivity index (χ3v) is 3.97. The molecule has 0 aliphatic rings. The maximum atomic E-state index is 13.5. The van der Waals surface area contributed by atoms with Crippen molar-refractivity contribution in [3.63, 3.8) is 0 Å². The van der Waals surface area contributed by atoms with Crippen molar-refractivity contribution in [3.8, 4) is 0 Å². The Bertz CT molecular complexity index is 870. The number of rotatable bonds is 4. The van der Waals surface area contributed by atoms with Crippen LogP contribution < -0.4 is 5.32 Å². The summed E-state index contributed by atoms with van der Waals surface area (Å²) in [5.74, 6) is 0.486. The van der Waals surface area contributed by atoms with Gasteiger partial charge in [0.1, 0.15) is 11.6 Å². The van der Waals surface area contributed by atoms with Gasteiger partial charge in [-0.05, 0) is 30.7 Å². The Kier molecular flexibility index (Phi) is 4.10. The quantitative estimate of drug-likeness (QED) is 0.805. The number of fused-ring (bicyclic) bond motifs is 1. The molecule has 1 N–H and O–H groups in total. The fourth-order valence-electron chi connectivity index (χ4n) is 2.56. The van der Waals surface area contributed by atoms with E-state index in [0.29, 0.717) is 5.56 Å². The second kappa shape index (κ2) is 6.20. The average molecular weight is 311 g/mol. The summed E-state index contributed by atoms with van der Waals surface area (Å²) >= 11 is 0. The molecule has 1 aromatic heterocycles. The first-order valence-corrected chi connectivity index (χ1v) is 7.46. The van der Waals surface area contributed by atoms with E-state index in [-0.39, 0.29) is 24.7 Å². The zero-order chi connectivity index (χ0) is 16.4. The molecule has 4 nitrogen and oxygen atoms in total. The standard InChI is InChI=1S/C18H18FN3O/c1-12-21-16-9-13(7-8-17(16)22(12)2)10-18(23)20-11-14-5-3-4-6-15(14)19/h3-9H,10-11H2,1-2H3,(H,20,23). The lowest BCUT2D eigenvalue weighted by Gasteiger charge is -2.06. The highest BCUT2D eigenvalue weighted by Gasteiger charge is 2.09. The number of halogens is 1. The summed E-state index contributed by atoms with van der Waals surface area (Å²) in [6.07, 6.45) is 0.250. The Hall–Kier alpha value is -2.69. The lowest BCUT2D eigenvalue weighted by atomic mass is 10.1. The van der Waals surface area contributed by atoms with E-state index >= 15 is 0 Å². The van der Waals surface area contributed by atoms with Crippen LogP contribution in [0.1, 0.15) is 17.0 Å². The predicted octanol–water partition coefficient (Wildman–Crippen LogP) is 2.88. The topological polar surface area (TPSA) is 46.9 Å². The molecule has 0 aliphatic carbocycles. The minimum Gasteiger partial charge on any atom is -0.352 e. The smallest absolute Gasteiger partial charge is 0.224 e. The molecular weight excluding hydrogens is 293 g/mol. The van der Waals surface area contributed by atoms with Gasteiger partial charge in [-0.25, -0.2) is 9.37 Å². The first-order valence-electron chi connectivity index (χ1n) is 7.46. The molecule has 2 aromatic carbocycles. The van der Waals surface area contributed by atoms with Gasteiger partial charge in [-0.2, -0.15) is 0 Å². The van der Waals surface area contributed by atoms with Crippen molar-refractivity contribution in [1.29, 1.82) is 0 Å². The summed E-state index contributed by atoms with van der Waals surface area (Å²) in [4.78, 5) is 16.5. The van der Waals surface area contributed by atoms with Crippen LogP contribution in [0.4, 0.5) is 4.39 Å². The number of nitrogens with one attached hydrogen (secondary N) is 1. The van der Waals surface area contributed by atoms with E-state index in [1.165, 1.54) is 6.07 Å². The molecule has 3 aromatic rings. The Morgan fingerprint density at radius 1 is 1.26 bits per heavy atom. The number of aromatic nitrogens is 2. The molecule has 0 saturated carbocycles. The summed E-state index contributed by atoms with van der Waals surface area (Å²) in [6.45, 7) is 2.14. The molecular formula is C18H18FN3O. The number of carbonyl (C=O) groups is 1. The lowest BCUT2D eigenvalue weighted by Crippen LogP contribution is -2.25. The molecule has 0 spiro atoms. The fraction of sp³-hybridized carbons (Fsp3) is 0.222. The van der Waals surface area contributed by atoms with E-state index in [1.54, 1.807) is 18.2 Å². The molecule has 5 heteroatoms. The van der Waals surface area contributed by atoms with Crippen LogP contribution in [-0.4, -0.2) is 15.5 Å². The molecule has 0 fully saturated rings. The van der Waals surface area contributed by atoms with Crippen molar-refractivity contribution in [3.05, 3.63) is 65.2 Å². The van der Waals surface area contributed by atoms with Gasteiger partial charge in [0.2, 0.25) is 5.91 Å². The summed E-state index contributed by atoms with van der Waals surface area (Å²) in [6, 6.07) is 12.2. The average Bonchev–Trinajstić information content (AvgIpc) is 2.81. The number of hydrogen-bond acceptors (Lipinski definition) is 2. The van der Waals surface area contributed by atoms with Crippen LogP contribution in [0.3, 0.4) is 0 Å². The molecule has 1 heterocycles. The Morgan fingerprint density at radius 3 is 2.83 bits per heavy atom. The van der Waals surface area contributed by atoms with E-state index in [1.807, 2.05) is 36.7 Å². The molecule has 3 rings (SSSR count). The molecule has 0 bridgehead atoms. The van der Waals surface area contributed by atoms with Gasteiger partial charge in [0, 0.05) is 19.2 Å². The number of hydrogen-bond donors (Lipinski definition) is 1. The van der Waals surface area contributed by atoms with Crippen LogP contribution in [0.5, 0.6) is 0 Å². The molecule has 0 radical (unpaired) electrons. The van der Waals surface area contributed by atoms with Crippen LogP contribution in [0.25, 0.3) is 11.0 Å². The number of nitrogens with zero attached hydrogens (tertiary/aromatic N) is 2. The third-order valence-electron chi connectivity index (χ3n) is 3.97. The van der Waals surface area contributed by atoms with Crippen LogP contribution in [0.15, 0.2) is 42.5 Å². The van der Waals surface area contributed by atoms with Crippen molar-refractivity contribution < 1.29 is 9.18 Å². The monoisotopic (exact) mass is 311 g/mol. The maximum Gasteiger partial charge on any atom is 0.224 e. The summed E-state index contributed by atoms with van der Waals surface area (Å²) in [5, 5.41) is 2.75. The zero-order valence-corrected chi connectivity index (χ0v) is 13.1. The normalized spacial score (nSPS) is 10.9. The number of carbonyl (C=O) groups excluding carboxylic acids is 1. The van der Waals surface area contributed by atoms with Crippen molar-refractivity contribution in [1.82, 2.24) is 14.9 Å². The van der Waals surface area contributed by atoms with Crippen molar-refractivity contribution in [2.45, 2.75) is 19.9 Å². The van der Waals surface area contributed by atoms with Gasteiger partial charge in [-0.15, -0.1) is 0 Å². The molecule has 23 heavy (non-hydrogen) atoms. The minimum atomic E-state index is -0.307. The third kappa shape index (κ3) is 3.23. The van der Waals surface area contributed by atoms with Gasteiger partial charge < -0.3 is 9.88 Å². The highest BCUT2D eigenvalue weighted by Crippen LogP contribution is 2.16. The van der Waals surface area contributed by atoms with E-state index < -0.39 is 0 Å². The van der Waals surface area contributed by atoms with Crippen LogP contribution in [0, 0.1) is 12.7 Å². The van der Waals surface area contributed by atoms with Gasteiger partial charge in [0.15, 0.2) is 0 Å². The Labute approximate surface area is 134 Å². The zero-order valence-electron chi connectivity index (χ0n) is 13.1. The van der Waals surface area contributed by atoms with Crippen molar-refractivity contribution >= 4 is 16.9 Å². The number of aryl methyl sites for hydroxylation is 2. The van der Waals surface area contributed by atoms with Gasteiger partial charge in [0.25, 0.3) is 0 Å². The highest BCUT2D eigenvalue weighted by atomic mass is 19.1. The largest absolute Gasteiger partial charge is 0.352 e. The summed E-state index contributed by atoms with van der Waals surface area (Å²) in [7, 11) is 1.96. The Balaban J connectivity index is 1.67. The SMILES string of the molecule is Cc1nc2cc(CC(=O)NCc3ccccc3F)ccc2n1C. The van der Waals surface area contributed by atoms with Gasteiger partial charge in [-0.1, -0.05) is 24.3 Å². The predicted molar refractivity (Wildman–Crippen MR) is 87.4 cm³/mol. The van der Waals surface area contributed by atoms with E-state index in [2.05, 4.69) is 10.3 Å². The highest BCUT2D eigenvalue weighted by molar-refractivity contribution is 5.82. The molecule has 0 unspecified atom stereocenters. The lowest BCUT2D eigenvalue weighted by molar-refractivity contribution is -0.120. The van der Waals surface area contributed by atoms with Crippen molar-refractivity contribution in [2.24, 2.45) is 7.05 Å². The first kappa shape index (κ1) is 15.2. The maximum absolute atomic E-state index is 13.5. The Morgan fingerprint density at radius 2 is 2.04 bits per heavy atom. The second-order valence-corrected chi connectivity index (χ2v) is 5.59. The first-order chi connectivity index (χ1) is 11.0. The van der Waals surface area contributed by atoms with E-state index in [4.69, 9.17) is 0 Å². The van der Waals surface area contributed by atoms with Crippen LogP contribution in [-0.2, 0) is 24.8 Å². The number of imidazole rings is 1. The van der Waals surface area contributed by atoms with Gasteiger partial charge in [-0.3, -0.25) is 4.79 Å². The van der Waals surface area contributed by atoms with E-state index in [9.17, 15) is 9.18 Å². The van der Waals surface area contributed by atoms with Crippen LogP contribution >= 0.6 is 0 Å². The molecule has 118 valence electrons. The van der Waals surface area contributed by atoms with Crippen molar-refractivity contribution in [2.75, 3.05) is 0 Å². The number of benzene rings is 2. The fourth-order valence-corrected chi connectivity index (χ4v) is 2.56.